The lowest BCUT2D eigenvalue weighted by molar-refractivity contribution is -0.137. The molecule has 8 heteroatoms. The molecule has 0 spiro atoms. The van der Waals surface area contributed by atoms with Crippen LogP contribution in [0.15, 0.2) is 48.5 Å². The van der Waals surface area contributed by atoms with E-state index >= 15 is 0 Å². The van der Waals surface area contributed by atoms with E-state index < -0.39 is 17.6 Å². The number of ether oxygens (including phenoxy) is 1. The summed E-state index contributed by atoms with van der Waals surface area (Å²) in [6.07, 6.45) is -3.87. The van der Waals surface area contributed by atoms with Gasteiger partial charge in [0.15, 0.2) is 0 Å². The molecule has 3 atom stereocenters. The second-order valence-electron chi connectivity index (χ2n) is 7.44. The van der Waals surface area contributed by atoms with Gasteiger partial charge in [0.1, 0.15) is 0 Å². The molecular formula is C21H20ClF3N2O2. The third-order valence-electron chi connectivity index (χ3n) is 5.46. The summed E-state index contributed by atoms with van der Waals surface area (Å²) in [4.78, 5) is 14.8. The molecule has 4 rings (SSSR count). The monoisotopic (exact) mass is 424 g/mol. The van der Waals surface area contributed by atoms with Crippen LogP contribution in [0, 0.1) is 0 Å². The van der Waals surface area contributed by atoms with Crippen LogP contribution in [0.1, 0.15) is 34.0 Å². The number of benzene rings is 2. The Bertz CT molecular complexity index is 891. The molecule has 4 nitrogen and oxygen atoms in total. The minimum Gasteiger partial charge on any atom is -0.371 e. The Balaban J connectivity index is 1.41. The molecule has 1 amide bonds. The number of carbonyl (C=O) groups excluding carboxylic acids is 1. The molecule has 2 aromatic rings. The fraction of sp³-hybridized carbons (Fsp3) is 0.381. The van der Waals surface area contributed by atoms with Crippen LogP contribution >= 0.6 is 11.6 Å². The first-order valence-corrected chi connectivity index (χ1v) is 9.77. The quantitative estimate of drug-likeness (QED) is 0.798. The first-order valence-electron chi connectivity index (χ1n) is 9.39. The highest BCUT2D eigenvalue weighted by Gasteiger charge is 2.38. The van der Waals surface area contributed by atoms with E-state index in [1.54, 1.807) is 0 Å². The number of carbonyl (C=O) groups is 1. The number of nitrogens with one attached hydrogen (secondary N) is 1. The third-order valence-corrected chi connectivity index (χ3v) is 5.79. The molecule has 2 aliphatic heterocycles. The van der Waals surface area contributed by atoms with Crippen molar-refractivity contribution in [3.63, 3.8) is 0 Å². The fourth-order valence-corrected chi connectivity index (χ4v) is 4.19. The molecule has 2 heterocycles. The molecule has 2 aromatic carbocycles. The van der Waals surface area contributed by atoms with Gasteiger partial charge in [0.2, 0.25) is 0 Å². The van der Waals surface area contributed by atoms with E-state index in [9.17, 15) is 18.0 Å². The zero-order valence-corrected chi connectivity index (χ0v) is 16.2. The highest BCUT2D eigenvalue weighted by atomic mass is 35.5. The molecule has 2 saturated heterocycles. The predicted molar refractivity (Wildman–Crippen MR) is 103 cm³/mol. The average Bonchev–Trinajstić information content (AvgIpc) is 3.09. The summed E-state index contributed by atoms with van der Waals surface area (Å²) in [5, 5.41) is 2.84. The van der Waals surface area contributed by atoms with Gasteiger partial charge in [-0.3, -0.25) is 9.69 Å². The molecule has 0 saturated carbocycles. The van der Waals surface area contributed by atoms with E-state index in [0.29, 0.717) is 26.1 Å². The van der Waals surface area contributed by atoms with Crippen LogP contribution in [0.25, 0.3) is 0 Å². The smallest absolute Gasteiger partial charge is 0.371 e. The largest absolute Gasteiger partial charge is 0.416 e. The van der Waals surface area contributed by atoms with Crippen LogP contribution < -0.4 is 5.32 Å². The summed E-state index contributed by atoms with van der Waals surface area (Å²) in [5.41, 5.74) is 0.0500. The number of morpholine rings is 1. The van der Waals surface area contributed by atoms with Gasteiger partial charge >= 0.3 is 6.18 Å². The van der Waals surface area contributed by atoms with Gasteiger partial charge in [0.05, 0.1) is 28.9 Å². The van der Waals surface area contributed by atoms with Crippen LogP contribution in [0.5, 0.6) is 0 Å². The van der Waals surface area contributed by atoms with E-state index in [1.165, 1.54) is 0 Å². The van der Waals surface area contributed by atoms with E-state index in [2.05, 4.69) is 10.2 Å². The van der Waals surface area contributed by atoms with Crippen molar-refractivity contribution in [2.24, 2.45) is 0 Å². The van der Waals surface area contributed by atoms with Crippen molar-refractivity contribution in [2.75, 3.05) is 19.7 Å². The Morgan fingerprint density at radius 3 is 2.62 bits per heavy atom. The highest BCUT2D eigenvalue weighted by molar-refractivity contribution is 6.33. The average molecular weight is 425 g/mol. The minimum absolute atomic E-state index is 0.00121. The number of alkyl halides is 3. The van der Waals surface area contributed by atoms with Gasteiger partial charge in [-0.25, -0.2) is 0 Å². The second kappa shape index (κ2) is 7.97. The Kier molecular flexibility index (Phi) is 5.55. The number of amides is 1. The number of rotatable bonds is 3. The standard InChI is InChI=1S/C21H20ClF3N2O2/c22-18-7-6-14(21(23,24)25)8-17(18)20(28)26-15-9-16-12-29-19(11-27(16)10-15)13-4-2-1-3-5-13/h1-8,15-16,19H,9-12H2,(H,26,28)/t15-,16-,19+/m0/s1. The Hall–Kier alpha value is -2.09. The zero-order valence-electron chi connectivity index (χ0n) is 15.5. The van der Waals surface area contributed by atoms with Gasteiger partial charge < -0.3 is 10.1 Å². The highest BCUT2D eigenvalue weighted by Crippen LogP contribution is 2.33. The van der Waals surface area contributed by atoms with Gasteiger partial charge in [-0.2, -0.15) is 13.2 Å². The molecule has 154 valence electrons. The maximum Gasteiger partial charge on any atom is 0.416 e. The zero-order chi connectivity index (χ0) is 20.6. The van der Waals surface area contributed by atoms with Crippen molar-refractivity contribution in [3.05, 3.63) is 70.2 Å². The Morgan fingerprint density at radius 1 is 1.14 bits per heavy atom. The van der Waals surface area contributed by atoms with Crippen LogP contribution in [-0.4, -0.2) is 42.6 Å². The maximum atomic E-state index is 13.0. The first-order chi connectivity index (χ1) is 13.8. The fourth-order valence-electron chi connectivity index (χ4n) is 3.99. The third kappa shape index (κ3) is 4.42. The van der Waals surface area contributed by atoms with Crippen LogP contribution in [0.2, 0.25) is 5.02 Å². The van der Waals surface area contributed by atoms with Crippen molar-refractivity contribution in [3.8, 4) is 0 Å². The van der Waals surface area contributed by atoms with Crippen molar-refractivity contribution in [1.29, 1.82) is 0 Å². The summed E-state index contributed by atoms with van der Waals surface area (Å²) < 4.78 is 44.8. The van der Waals surface area contributed by atoms with Crippen molar-refractivity contribution in [1.82, 2.24) is 10.2 Å². The normalized spacial score (nSPS) is 24.9. The molecule has 2 aliphatic rings. The summed E-state index contributed by atoms with van der Waals surface area (Å²) >= 11 is 5.98. The van der Waals surface area contributed by atoms with Crippen LogP contribution in [-0.2, 0) is 10.9 Å². The maximum absolute atomic E-state index is 13.0. The number of halogens is 4. The molecule has 0 aromatic heterocycles. The van der Waals surface area contributed by atoms with Crippen molar-refractivity contribution >= 4 is 17.5 Å². The SMILES string of the molecule is O=C(N[C@H]1C[C@H]2CO[C@@H](c3ccccc3)CN2C1)c1cc(C(F)(F)F)ccc1Cl. The second-order valence-corrected chi connectivity index (χ2v) is 7.85. The molecule has 2 fully saturated rings. The van der Waals surface area contributed by atoms with Gasteiger partial charge in [-0.05, 0) is 30.2 Å². The van der Waals surface area contributed by atoms with Crippen LogP contribution in [0.4, 0.5) is 13.2 Å². The number of fused-ring (bicyclic) bond motifs is 1. The minimum atomic E-state index is -4.53. The Morgan fingerprint density at radius 2 is 1.90 bits per heavy atom. The lowest BCUT2D eigenvalue weighted by Gasteiger charge is -2.35. The molecule has 0 bridgehead atoms. The molecule has 29 heavy (non-hydrogen) atoms. The molecule has 0 radical (unpaired) electrons. The lowest BCUT2D eigenvalue weighted by atomic mass is 10.1. The van der Waals surface area contributed by atoms with Crippen molar-refractivity contribution in [2.45, 2.75) is 30.8 Å². The molecule has 1 N–H and O–H groups in total. The summed E-state index contributed by atoms with van der Waals surface area (Å²) in [6.45, 7) is 1.89. The summed E-state index contributed by atoms with van der Waals surface area (Å²) in [5.74, 6) is -0.591. The first kappa shape index (κ1) is 20.2. The summed E-state index contributed by atoms with van der Waals surface area (Å²) in [7, 11) is 0. The van der Waals surface area contributed by atoms with E-state index in [-0.39, 0.29) is 28.8 Å². The van der Waals surface area contributed by atoms with Gasteiger partial charge in [-0.15, -0.1) is 0 Å². The molecule has 0 aliphatic carbocycles. The van der Waals surface area contributed by atoms with E-state index in [1.807, 2.05) is 30.3 Å². The molecule has 0 unspecified atom stereocenters. The van der Waals surface area contributed by atoms with Crippen molar-refractivity contribution < 1.29 is 22.7 Å². The van der Waals surface area contributed by atoms with E-state index in [4.69, 9.17) is 16.3 Å². The number of hydrogen-bond acceptors (Lipinski definition) is 3. The van der Waals surface area contributed by atoms with E-state index in [0.717, 1.165) is 23.8 Å². The van der Waals surface area contributed by atoms with Gasteiger partial charge in [0, 0.05) is 25.2 Å². The lowest BCUT2D eigenvalue weighted by Crippen LogP contribution is -2.43. The van der Waals surface area contributed by atoms with Gasteiger partial charge in [-0.1, -0.05) is 41.9 Å². The Labute approximate surface area is 171 Å². The van der Waals surface area contributed by atoms with Crippen LogP contribution in [0.3, 0.4) is 0 Å². The topological polar surface area (TPSA) is 41.6 Å². The predicted octanol–water partition coefficient (Wildman–Crippen LogP) is 4.30. The number of nitrogens with zero attached hydrogens (tertiary/aromatic N) is 1. The van der Waals surface area contributed by atoms with Gasteiger partial charge in [0.25, 0.3) is 5.91 Å². The number of hydrogen-bond donors (Lipinski definition) is 1. The molecular weight excluding hydrogens is 405 g/mol. The summed E-state index contributed by atoms with van der Waals surface area (Å²) in [6, 6.07) is 12.7.